The maximum absolute atomic E-state index is 13.0. The number of thioether (sulfide) groups is 1. The second-order valence-corrected chi connectivity index (χ2v) is 8.16. The molecule has 1 saturated carbocycles. The molecule has 1 heterocycles. The third-order valence-electron chi connectivity index (χ3n) is 4.97. The number of carbonyl (C=O) groups is 1. The standard InChI is InChI=1S/C20H27N7O2S/c1-27(22)20(25-21)30-17-9-8-15(26-29-2)11-16(17)19(28)24-18-10-7-14(12-23-18)13-5-3-4-6-13/h7-13,26H,3-6,21-22H2,1-2H3,(H,23,24,28)/p+1/b25-20+. The topological polar surface area (TPSA) is 135 Å². The van der Waals surface area contributed by atoms with Gasteiger partial charge in [-0.25, -0.2) is 15.7 Å². The SMILES string of the molecule is CO[NH2+]c1ccc(S/C(=N/N)N(C)N)c(C(=O)Nc2ccc(C3CCCC3)cn2)c1. The number of aromatic nitrogens is 1. The second kappa shape index (κ2) is 10.4. The Morgan fingerprint density at radius 1 is 1.33 bits per heavy atom. The fourth-order valence-corrected chi connectivity index (χ4v) is 4.27. The second-order valence-electron chi connectivity index (χ2n) is 7.15. The van der Waals surface area contributed by atoms with Crippen LogP contribution in [0.25, 0.3) is 0 Å². The van der Waals surface area contributed by atoms with E-state index in [-0.39, 0.29) is 5.91 Å². The van der Waals surface area contributed by atoms with Crippen LogP contribution in [-0.4, -0.2) is 35.2 Å². The molecule has 2 aromatic rings. The predicted octanol–water partition coefficient (Wildman–Crippen LogP) is 1.88. The van der Waals surface area contributed by atoms with Crippen LogP contribution >= 0.6 is 11.8 Å². The van der Waals surface area contributed by atoms with E-state index in [1.54, 1.807) is 31.8 Å². The average Bonchev–Trinajstić information content (AvgIpc) is 3.28. The first-order valence-electron chi connectivity index (χ1n) is 9.73. The number of hydrazone groups is 1. The van der Waals surface area contributed by atoms with Gasteiger partial charge in [-0.1, -0.05) is 18.9 Å². The number of hydrogen-bond acceptors (Lipinski definition) is 7. The van der Waals surface area contributed by atoms with Gasteiger partial charge in [0.2, 0.25) is 5.17 Å². The molecule has 0 radical (unpaired) electrons. The normalized spacial score (nSPS) is 14.7. The third kappa shape index (κ3) is 5.48. The lowest BCUT2D eigenvalue weighted by atomic mass is 10.00. The molecule has 9 nitrogen and oxygen atoms in total. The van der Waals surface area contributed by atoms with Crippen molar-refractivity contribution in [3.8, 4) is 0 Å². The van der Waals surface area contributed by atoms with E-state index < -0.39 is 0 Å². The van der Waals surface area contributed by atoms with Crippen LogP contribution in [0, 0.1) is 0 Å². The Kier molecular flexibility index (Phi) is 7.63. The zero-order valence-corrected chi connectivity index (χ0v) is 18.0. The van der Waals surface area contributed by atoms with E-state index in [0.29, 0.717) is 27.4 Å². The maximum atomic E-state index is 13.0. The molecule has 0 saturated heterocycles. The van der Waals surface area contributed by atoms with Gasteiger partial charge in [0.25, 0.3) is 5.91 Å². The van der Waals surface area contributed by atoms with Crippen LogP contribution in [0.1, 0.15) is 47.5 Å². The molecule has 10 heteroatoms. The summed E-state index contributed by atoms with van der Waals surface area (Å²) in [7, 11) is 3.18. The van der Waals surface area contributed by atoms with E-state index in [4.69, 9.17) is 16.5 Å². The average molecular weight is 431 g/mol. The van der Waals surface area contributed by atoms with Crippen molar-refractivity contribution in [1.29, 1.82) is 0 Å². The molecule has 160 valence electrons. The molecule has 1 aromatic heterocycles. The molecule has 30 heavy (non-hydrogen) atoms. The molecule has 1 aromatic carbocycles. The first kappa shape index (κ1) is 22.0. The van der Waals surface area contributed by atoms with Crippen LogP contribution < -0.4 is 22.5 Å². The Morgan fingerprint density at radius 2 is 2.10 bits per heavy atom. The highest BCUT2D eigenvalue weighted by Gasteiger charge is 2.20. The summed E-state index contributed by atoms with van der Waals surface area (Å²) in [4.78, 5) is 23.2. The minimum Gasteiger partial charge on any atom is -0.321 e. The Balaban J connectivity index is 1.81. The number of nitrogens with two attached hydrogens (primary N) is 3. The summed E-state index contributed by atoms with van der Waals surface area (Å²) in [6.07, 6.45) is 6.81. The van der Waals surface area contributed by atoms with Crippen molar-refractivity contribution in [2.45, 2.75) is 36.5 Å². The summed E-state index contributed by atoms with van der Waals surface area (Å²) in [5, 5.41) is 8.21. The summed E-state index contributed by atoms with van der Waals surface area (Å²) >= 11 is 1.20. The van der Waals surface area contributed by atoms with Crippen LogP contribution in [-0.2, 0) is 4.84 Å². The first-order valence-corrected chi connectivity index (χ1v) is 10.5. The molecule has 1 amide bonds. The zero-order chi connectivity index (χ0) is 21.5. The van der Waals surface area contributed by atoms with E-state index in [9.17, 15) is 4.79 Å². The van der Waals surface area contributed by atoms with Gasteiger partial charge in [0, 0.05) is 30.3 Å². The van der Waals surface area contributed by atoms with Gasteiger partial charge in [0.05, 0.1) is 12.7 Å². The number of quaternary nitrogens is 1. The number of anilines is 1. The first-order chi connectivity index (χ1) is 14.5. The molecule has 1 fully saturated rings. The summed E-state index contributed by atoms with van der Waals surface area (Å²) in [6, 6.07) is 9.27. The zero-order valence-electron chi connectivity index (χ0n) is 17.2. The molecule has 1 aliphatic carbocycles. The molecular formula is C20H28N7O2S+. The lowest BCUT2D eigenvalue weighted by Crippen LogP contribution is -2.75. The Morgan fingerprint density at radius 3 is 2.70 bits per heavy atom. The van der Waals surface area contributed by atoms with Crippen LogP contribution in [0.4, 0.5) is 11.5 Å². The number of benzene rings is 1. The van der Waals surface area contributed by atoms with Crippen LogP contribution in [0.5, 0.6) is 0 Å². The van der Waals surface area contributed by atoms with Gasteiger partial charge in [-0.05, 0) is 48.2 Å². The molecule has 0 spiro atoms. The number of amidine groups is 1. The van der Waals surface area contributed by atoms with Gasteiger partial charge in [-0.2, -0.15) is 10.6 Å². The lowest BCUT2D eigenvalue weighted by Gasteiger charge is -2.15. The number of nitrogens with one attached hydrogen (secondary N) is 1. The van der Waals surface area contributed by atoms with Crippen LogP contribution in [0.3, 0.4) is 0 Å². The van der Waals surface area contributed by atoms with Gasteiger partial charge in [-0.3, -0.25) is 9.80 Å². The van der Waals surface area contributed by atoms with E-state index >= 15 is 0 Å². The number of rotatable bonds is 6. The molecule has 3 rings (SSSR count). The van der Waals surface area contributed by atoms with E-state index in [1.807, 2.05) is 24.4 Å². The van der Waals surface area contributed by atoms with Crippen molar-refractivity contribution in [3.63, 3.8) is 0 Å². The predicted molar refractivity (Wildman–Crippen MR) is 118 cm³/mol. The molecule has 0 bridgehead atoms. The minimum absolute atomic E-state index is 0.291. The number of hydrazine groups is 1. The van der Waals surface area contributed by atoms with Crippen LogP contribution in [0.15, 0.2) is 46.5 Å². The molecule has 1 aliphatic rings. The van der Waals surface area contributed by atoms with Gasteiger partial charge in [0.15, 0.2) is 5.69 Å². The Labute approximate surface area is 180 Å². The Bertz CT molecular complexity index is 897. The van der Waals surface area contributed by atoms with Crippen LogP contribution in [0.2, 0.25) is 0 Å². The maximum Gasteiger partial charge on any atom is 0.258 e. The van der Waals surface area contributed by atoms with Gasteiger partial charge in [0.1, 0.15) is 5.82 Å². The number of amides is 1. The number of hydrogen-bond donors (Lipinski definition) is 4. The number of carbonyl (C=O) groups excluding carboxylic acids is 1. The van der Waals surface area contributed by atoms with Gasteiger partial charge >= 0.3 is 0 Å². The van der Waals surface area contributed by atoms with Crippen molar-refractivity contribution in [2.24, 2.45) is 16.8 Å². The fourth-order valence-electron chi connectivity index (χ4n) is 3.47. The third-order valence-corrected chi connectivity index (χ3v) is 6.12. The van der Waals surface area contributed by atoms with Gasteiger partial charge in [-0.15, -0.1) is 0 Å². The van der Waals surface area contributed by atoms with E-state index in [1.165, 1.54) is 48.0 Å². The fraction of sp³-hybridized carbons (Fsp3) is 0.350. The smallest absolute Gasteiger partial charge is 0.258 e. The highest BCUT2D eigenvalue weighted by Crippen LogP contribution is 2.34. The van der Waals surface area contributed by atoms with Crippen molar-refractivity contribution >= 4 is 34.3 Å². The highest BCUT2D eigenvalue weighted by molar-refractivity contribution is 8.13. The van der Waals surface area contributed by atoms with Gasteiger partial charge < -0.3 is 11.2 Å². The van der Waals surface area contributed by atoms with E-state index in [2.05, 4.69) is 15.4 Å². The minimum atomic E-state index is -0.291. The summed E-state index contributed by atoms with van der Waals surface area (Å²) in [6.45, 7) is 0. The molecule has 0 aliphatic heterocycles. The largest absolute Gasteiger partial charge is 0.321 e. The van der Waals surface area contributed by atoms with Crippen molar-refractivity contribution < 1.29 is 15.1 Å². The summed E-state index contributed by atoms with van der Waals surface area (Å²) in [5.74, 6) is 12.0. The van der Waals surface area contributed by atoms with Crippen molar-refractivity contribution in [3.05, 3.63) is 47.7 Å². The lowest BCUT2D eigenvalue weighted by molar-refractivity contribution is -0.830. The molecule has 7 N–H and O–H groups in total. The van der Waals surface area contributed by atoms with Crippen molar-refractivity contribution in [2.75, 3.05) is 19.5 Å². The number of nitrogens with zero attached hydrogens (tertiary/aromatic N) is 3. The Hall–Kier alpha value is -2.66. The number of pyridine rings is 1. The monoisotopic (exact) mass is 430 g/mol. The van der Waals surface area contributed by atoms with Crippen molar-refractivity contribution in [1.82, 2.24) is 9.99 Å². The molecular weight excluding hydrogens is 402 g/mol. The molecule has 0 atom stereocenters. The summed E-state index contributed by atoms with van der Waals surface area (Å²) < 4.78 is 0. The quantitative estimate of drug-likeness (QED) is 0.137. The summed E-state index contributed by atoms with van der Waals surface area (Å²) in [5.41, 5.74) is 3.99. The molecule has 0 unspecified atom stereocenters. The van der Waals surface area contributed by atoms with E-state index in [0.717, 1.165) is 5.69 Å². The highest BCUT2D eigenvalue weighted by atomic mass is 32.2.